The zero-order valence-corrected chi connectivity index (χ0v) is 11.4. The minimum Gasteiger partial charge on any atom is -0.392 e. The number of aliphatic hydroxyl groups excluding tert-OH is 1. The van der Waals surface area contributed by atoms with Crippen LogP contribution >= 0.6 is 0 Å². The Morgan fingerprint density at radius 1 is 1.15 bits per heavy atom. The summed E-state index contributed by atoms with van der Waals surface area (Å²) in [5, 5.41) is 12.0. The number of nitrogens with zero attached hydrogens (tertiary/aromatic N) is 2. The summed E-state index contributed by atoms with van der Waals surface area (Å²) in [6.07, 6.45) is 2.68. The summed E-state index contributed by atoms with van der Waals surface area (Å²) in [4.78, 5) is 7.81. The van der Waals surface area contributed by atoms with Gasteiger partial charge in [-0.1, -0.05) is 31.2 Å². The molecule has 2 aromatic rings. The van der Waals surface area contributed by atoms with Crippen LogP contribution in [0.1, 0.15) is 23.7 Å². The van der Waals surface area contributed by atoms with Gasteiger partial charge in [-0.15, -0.1) is 0 Å². The maximum absolute atomic E-state index is 13.9. The summed E-state index contributed by atoms with van der Waals surface area (Å²) in [6.45, 7) is 2.50. The van der Waals surface area contributed by atoms with Gasteiger partial charge < -0.3 is 10.4 Å². The van der Waals surface area contributed by atoms with Gasteiger partial charge in [0.15, 0.2) is 11.6 Å². The summed E-state index contributed by atoms with van der Waals surface area (Å²) in [5.41, 5.74) is 2.44. The predicted octanol–water partition coefficient (Wildman–Crippen LogP) is 2.33. The Hall–Kier alpha value is -2.01. The number of benzene rings is 1. The van der Waals surface area contributed by atoms with Crippen molar-refractivity contribution in [3.05, 3.63) is 53.2 Å². The monoisotopic (exact) mass is 275 g/mol. The van der Waals surface area contributed by atoms with Crippen molar-refractivity contribution in [3.8, 4) is 0 Å². The van der Waals surface area contributed by atoms with Gasteiger partial charge in [-0.05, 0) is 24.0 Å². The fourth-order valence-corrected chi connectivity index (χ4v) is 1.91. The van der Waals surface area contributed by atoms with Crippen LogP contribution in [-0.2, 0) is 19.4 Å². The third-order valence-corrected chi connectivity index (χ3v) is 3.11. The first-order valence-corrected chi connectivity index (χ1v) is 6.66. The summed E-state index contributed by atoms with van der Waals surface area (Å²) in [6, 6.07) is 7.69. The number of anilines is 1. The van der Waals surface area contributed by atoms with E-state index in [0.717, 1.165) is 17.5 Å². The van der Waals surface area contributed by atoms with Gasteiger partial charge >= 0.3 is 0 Å². The molecule has 0 aliphatic heterocycles. The van der Waals surface area contributed by atoms with Crippen LogP contribution in [0.5, 0.6) is 0 Å². The van der Waals surface area contributed by atoms with Crippen LogP contribution in [0.2, 0.25) is 0 Å². The van der Waals surface area contributed by atoms with Crippen LogP contribution < -0.4 is 5.32 Å². The Balaban J connectivity index is 1.92. The molecule has 1 aromatic heterocycles. The third kappa shape index (κ3) is 3.51. The first-order chi connectivity index (χ1) is 9.74. The van der Waals surface area contributed by atoms with Crippen molar-refractivity contribution in [1.29, 1.82) is 0 Å². The molecule has 0 saturated carbocycles. The van der Waals surface area contributed by atoms with Crippen LogP contribution in [0.3, 0.4) is 0 Å². The van der Waals surface area contributed by atoms with E-state index < -0.39 is 0 Å². The van der Waals surface area contributed by atoms with Crippen molar-refractivity contribution < 1.29 is 9.50 Å². The zero-order valence-electron chi connectivity index (χ0n) is 11.4. The summed E-state index contributed by atoms with van der Waals surface area (Å²) < 4.78 is 13.9. The molecule has 0 aliphatic rings. The number of hydrogen-bond acceptors (Lipinski definition) is 4. The highest BCUT2D eigenvalue weighted by Gasteiger charge is 2.08. The Bertz CT molecular complexity index is 558. The third-order valence-electron chi connectivity index (χ3n) is 3.11. The van der Waals surface area contributed by atoms with Gasteiger partial charge in [-0.3, -0.25) is 0 Å². The SMILES string of the molecule is CCc1ncnc(NCCc2ccc(CO)cc2)c1F. The molecule has 1 aromatic carbocycles. The normalized spacial score (nSPS) is 10.6. The van der Waals surface area contributed by atoms with Crippen LogP contribution in [-0.4, -0.2) is 21.6 Å². The van der Waals surface area contributed by atoms with Gasteiger partial charge in [-0.2, -0.15) is 0 Å². The second-order valence-corrected chi connectivity index (χ2v) is 4.49. The van der Waals surface area contributed by atoms with Crippen molar-refractivity contribution in [3.63, 3.8) is 0 Å². The van der Waals surface area contributed by atoms with E-state index in [1.807, 2.05) is 31.2 Å². The fraction of sp³-hybridized carbons (Fsp3) is 0.333. The van der Waals surface area contributed by atoms with E-state index in [0.29, 0.717) is 18.7 Å². The molecule has 106 valence electrons. The molecule has 0 saturated heterocycles. The van der Waals surface area contributed by atoms with Crippen molar-refractivity contribution in [2.24, 2.45) is 0 Å². The number of nitrogens with one attached hydrogen (secondary N) is 1. The average molecular weight is 275 g/mol. The number of halogens is 1. The van der Waals surface area contributed by atoms with E-state index in [2.05, 4.69) is 15.3 Å². The second kappa shape index (κ2) is 6.96. The van der Waals surface area contributed by atoms with E-state index in [9.17, 15) is 4.39 Å². The molecule has 0 unspecified atom stereocenters. The van der Waals surface area contributed by atoms with Gasteiger partial charge in [0.1, 0.15) is 6.33 Å². The Morgan fingerprint density at radius 2 is 1.85 bits per heavy atom. The van der Waals surface area contributed by atoms with E-state index in [4.69, 9.17) is 5.11 Å². The molecule has 2 N–H and O–H groups in total. The second-order valence-electron chi connectivity index (χ2n) is 4.49. The summed E-state index contributed by atoms with van der Waals surface area (Å²) >= 11 is 0. The molecule has 0 aliphatic carbocycles. The molecule has 4 nitrogen and oxygen atoms in total. The van der Waals surface area contributed by atoms with Crippen LogP contribution in [0, 0.1) is 5.82 Å². The molecule has 2 rings (SSSR count). The summed E-state index contributed by atoms with van der Waals surface area (Å²) in [5.74, 6) is -0.116. The highest BCUT2D eigenvalue weighted by atomic mass is 19.1. The van der Waals surface area contributed by atoms with Crippen LogP contribution in [0.15, 0.2) is 30.6 Å². The minimum atomic E-state index is -0.370. The number of aromatic nitrogens is 2. The fourth-order valence-electron chi connectivity index (χ4n) is 1.91. The molecular formula is C15H18FN3O. The van der Waals surface area contributed by atoms with Gasteiger partial charge in [0.25, 0.3) is 0 Å². The Morgan fingerprint density at radius 3 is 2.50 bits per heavy atom. The van der Waals surface area contributed by atoms with E-state index in [-0.39, 0.29) is 18.2 Å². The molecule has 5 heteroatoms. The summed E-state index contributed by atoms with van der Waals surface area (Å²) in [7, 11) is 0. The molecule has 0 radical (unpaired) electrons. The number of hydrogen-bond donors (Lipinski definition) is 2. The number of aryl methyl sites for hydroxylation is 1. The highest BCUT2D eigenvalue weighted by molar-refractivity contribution is 5.37. The largest absolute Gasteiger partial charge is 0.392 e. The molecule has 20 heavy (non-hydrogen) atoms. The standard InChI is InChI=1S/C15H18FN3O/c1-2-13-14(16)15(19-10-18-13)17-8-7-11-3-5-12(9-20)6-4-11/h3-6,10,20H,2,7-9H2,1H3,(H,17,18,19). The lowest BCUT2D eigenvalue weighted by Crippen LogP contribution is -2.10. The number of aliphatic hydroxyl groups is 1. The first-order valence-electron chi connectivity index (χ1n) is 6.66. The van der Waals surface area contributed by atoms with Gasteiger partial charge in [0.2, 0.25) is 0 Å². The lowest BCUT2D eigenvalue weighted by atomic mass is 10.1. The van der Waals surface area contributed by atoms with Crippen molar-refractivity contribution in [1.82, 2.24) is 9.97 Å². The molecule has 0 bridgehead atoms. The van der Waals surface area contributed by atoms with Gasteiger partial charge in [0.05, 0.1) is 12.3 Å². The molecule has 0 spiro atoms. The molecule has 0 amide bonds. The topological polar surface area (TPSA) is 58.0 Å². The van der Waals surface area contributed by atoms with Gasteiger partial charge in [0, 0.05) is 6.54 Å². The maximum atomic E-state index is 13.9. The van der Waals surface area contributed by atoms with Crippen LogP contribution in [0.4, 0.5) is 10.2 Å². The van der Waals surface area contributed by atoms with E-state index in [1.165, 1.54) is 6.33 Å². The Labute approximate surface area is 117 Å². The average Bonchev–Trinajstić information content (AvgIpc) is 2.49. The van der Waals surface area contributed by atoms with Gasteiger partial charge in [-0.25, -0.2) is 14.4 Å². The predicted molar refractivity (Wildman–Crippen MR) is 75.9 cm³/mol. The molecular weight excluding hydrogens is 257 g/mol. The zero-order chi connectivity index (χ0) is 14.4. The lowest BCUT2D eigenvalue weighted by Gasteiger charge is -2.08. The first kappa shape index (κ1) is 14.4. The molecule has 1 heterocycles. The Kier molecular flexibility index (Phi) is 5.01. The smallest absolute Gasteiger partial charge is 0.186 e. The van der Waals surface area contributed by atoms with Crippen molar-refractivity contribution >= 4 is 5.82 Å². The van der Waals surface area contributed by atoms with Crippen molar-refractivity contribution in [2.75, 3.05) is 11.9 Å². The lowest BCUT2D eigenvalue weighted by molar-refractivity contribution is 0.282. The molecule has 0 atom stereocenters. The van der Waals surface area contributed by atoms with E-state index >= 15 is 0 Å². The quantitative estimate of drug-likeness (QED) is 0.849. The number of rotatable bonds is 6. The highest BCUT2D eigenvalue weighted by Crippen LogP contribution is 2.13. The van der Waals surface area contributed by atoms with Crippen molar-refractivity contribution in [2.45, 2.75) is 26.4 Å². The van der Waals surface area contributed by atoms with Crippen LogP contribution in [0.25, 0.3) is 0 Å². The molecule has 0 fully saturated rings. The maximum Gasteiger partial charge on any atom is 0.186 e. The van der Waals surface area contributed by atoms with E-state index in [1.54, 1.807) is 0 Å². The minimum absolute atomic E-state index is 0.0461.